The smallest absolute Gasteiger partial charge is 0.306 e. The predicted octanol–water partition coefficient (Wildman–Crippen LogP) is 2.22. The fourth-order valence-corrected chi connectivity index (χ4v) is 2.04. The minimum absolute atomic E-state index is 0.0934. The van der Waals surface area contributed by atoms with Gasteiger partial charge in [0.25, 0.3) is 0 Å². The van der Waals surface area contributed by atoms with E-state index >= 15 is 0 Å². The third-order valence-electron chi connectivity index (χ3n) is 3.15. The molecule has 0 aliphatic carbocycles. The molecule has 2 unspecified atom stereocenters. The molecular formula is C13H22O6. The molecule has 2 atom stereocenters. The number of aliphatic carboxylic acids is 3. The van der Waals surface area contributed by atoms with Gasteiger partial charge in [-0.3, -0.25) is 14.4 Å². The van der Waals surface area contributed by atoms with Gasteiger partial charge in [-0.15, -0.1) is 0 Å². The highest BCUT2D eigenvalue weighted by atomic mass is 16.4. The molecule has 0 bridgehead atoms. The van der Waals surface area contributed by atoms with Gasteiger partial charge in [-0.2, -0.15) is 0 Å². The fourth-order valence-electron chi connectivity index (χ4n) is 2.04. The number of hydrogen-bond donors (Lipinski definition) is 3. The zero-order valence-corrected chi connectivity index (χ0v) is 11.2. The molecule has 3 N–H and O–H groups in total. The van der Waals surface area contributed by atoms with Crippen LogP contribution in [0.1, 0.15) is 51.9 Å². The zero-order chi connectivity index (χ0) is 14.8. The molecule has 0 fully saturated rings. The van der Waals surface area contributed by atoms with Crippen LogP contribution in [0.25, 0.3) is 0 Å². The van der Waals surface area contributed by atoms with Crippen LogP contribution in [0.15, 0.2) is 0 Å². The first-order chi connectivity index (χ1) is 8.88. The van der Waals surface area contributed by atoms with E-state index in [4.69, 9.17) is 15.3 Å². The van der Waals surface area contributed by atoms with Gasteiger partial charge < -0.3 is 15.3 Å². The Bertz CT molecular complexity index is 312. The van der Waals surface area contributed by atoms with Crippen LogP contribution in [0.2, 0.25) is 0 Å². The van der Waals surface area contributed by atoms with Crippen molar-refractivity contribution in [1.82, 2.24) is 0 Å². The summed E-state index contributed by atoms with van der Waals surface area (Å²) in [6, 6.07) is 0. The maximum Gasteiger partial charge on any atom is 0.306 e. The van der Waals surface area contributed by atoms with E-state index in [1.165, 1.54) is 0 Å². The van der Waals surface area contributed by atoms with E-state index in [1.54, 1.807) is 0 Å². The first kappa shape index (κ1) is 17.4. The van der Waals surface area contributed by atoms with Gasteiger partial charge in [-0.1, -0.05) is 19.8 Å². The summed E-state index contributed by atoms with van der Waals surface area (Å²) >= 11 is 0. The minimum atomic E-state index is -1.01. The predicted molar refractivity (Wildman–Crippen MR) is 67.9 cm³/mol. The summed E-state index contributed by atoms with van der Waals surface area (Å²) in [4.78, 5) is 32.3. The highest BCUT2D eigenvalue weighted by molar-refractivity contribution is 5.72. The van der Waals surface area contributed by atoms with Crippen molar-refractivity contribution in [2.75, 3.05) is 0 Å². The van der Waals surface area contributed by atoms with Gasteiger partial charge in [0.1, 0.15) is 0 Å². The van der Waals surface area contributed by atoms with Crippen LogP contribution in [0.5, 0.6) is 0 Å². The lowest BCUT2D eigenvalue weighted by atomic mass is 9.92. The molecular weight excluding hydrogens is 252 g/mol. The van der Waals surface area contributed by atoms with Gasteiger partial charge in [0.05, 0.1) is 11.8 Å². The summed E-state index contributed by atoms with van der Waals surface area (Å²) in [5, 5.41) is 26.4. The average Bonchev–Trinajstić information content (AvgIpc) is 2.30. The monoisotopic (exact) mass is 274 g/mol. The van der Waals surface area contributed by atoms with Crippen LogP contribution in [0.3, 0.4) is 0 Å². The number of carboxylic acid groups (broad SMARTS) is 3. The molecule has 0 heterocycles. The third kappa shape index (κ3) is 8.18. The van der Waals surface area contributed by atoms with Crippen LogP contribution in [0, 0.1) is 11.8 Å². The van der Waals surface area contributed by atoms with E-state index in [1.807, 2.05) is 6.92 Å². The van der Waals surface area contributed by atoms with E-state index < -0.39 is 29.7 Å². The topological polar surface area (TPSA) is 112 Å². The lowest BCUT2D eigenvalue weighted by Gasteiger charge is -2.14. The molecule has 19 heavy (non-hydrogen) atoms. The van der Waals surface area contributed by atoms with Gasteiger partial charge >= 0.3 is 17.9 Å². The van der Waals surface area contributed by atoms with E-state index in [2.05, 4.69) is 0 Å². The van der Waals surface area contributed by atoms with Gasteiger partial charge in [0.15, 0.2) is 0 Å². The summed E-state index contributed by atoms with van der Waals surface area (Å²) in [5.41, 5.74) is 0. The Morgan fingerprint density at radius 2 is 1.32 bits per heavy atom. The van der Waals surface area contributed by atoms with Crippen LogP contribution < -0.4 is 0 Å². The van der Waals surface area contributed by atoms with E-state index in [0.29, 0.717) is 25.7 Å². The highest BCUT2D eigenvalue weighted by Crippen LogP contribution is 2.20. The molecule has 6 heteroatoms. The van der Waals surface area contributed by atoms with Gasteiger partial charge in [-0.25, -0.2) is 0 Å². The van der Waals surface area contributed by atoms with Crippen molar-refractivity contribution in [3.63, 3.8) is 0 Å². The first-order valence-electron chi connectivity index (χ1n) is 6.55. The number of hydrogen-bond acceptors (Lipinski definition) is 3. The van der Waals surface area contributed by atoms with Gasteiger partial charge in [-0.05, 0) is 25.7 Å². The van der Waals surface area contributed by atoms with E-state index in [9.17, 15) is 14.4 Å². The molecule has 0 radical (unpaired) electrons. The molecule has 110 valence electrons. The lowest BCUT2D eigenvalue weighted by molar-refractivity contribution is -0.143. The zero-order valence-electron chi connectivity index (χ0n) is 11.2. The van der Waals surface area contributed by atoms with Crippen molar-refractivity contribution in [2.24, 2.45) is 11.8 Å². The van der Waals surface area contributed by atoms with Crippen molar-refractivity contribution in [1.29, 1.82) is 0 Å². The molecule has 0 spiro atoms. The Labute approximate surface area is 112 Å². The second-order valence-electron chi connectivity index (χ2n) is 4.72. The summed E-state index contributed by atoms with van der Waals surface area (Å²) in [6.45, 7) is 1.91. The molecule has 0 saturated heterocycles. The SMILES string of the molecule is CCCC(CCCC(CCC(=O)O)C(=O)O)C(=O)O. The third-order valence-corrected chi connectivity index (χ3v) is 3.15. The summed E-state index contributed by atoms with van der Waals surface area (Å²) in [5.74, 6) is -4.00. The quantitative estimate of drug-likeness (QED) is 0.532. The molecule has 0 amide bonds. The lowest BCUT2D eigenvalue weighted by Crippen LogP contribution is -2.17. The molecule has 0 saturated carbocycles. The van der Waals surface area contributed by atoms with Gasteiger partial charge in [0.2, 0.25) is 0 Å². The first-order valence-corrected chi connectivity index (χ1v) is 6.55. The van der Waals surface area contributed by atoms with Crippen LogP contribution in [-0.2, 0) is 14.4 Å². The second kappa shape index (κ2) is 9.35. The minimum Gasteiger partial charge on any atom is -0.481 e. The maximum atomic E-state index is 10.9. The van der Waals surface area contributed by atoms with Crippen molar-refractivity contribution < 1.29 is 29.7 Å². The highest BCUT2D eigenvalue weighted by Gasteiger charge is 2.21. The summed E-state index contributed by atoms with van der Waals surface area (Å²) in [7, 11) is 0. The van der Waals surface area contributed by atoms with E-state index in [0.717, 1.165) is 6.42 Å². The summed E-state index contributed by atoms with van der Waals surface area (Å²) in [6.07, 6.45) is 2.55. The second-order valence-corrected chi connectivity index (χ2v) is 4.72. The number of rotatable bonds is 11. The van der Waals surface area contributed by atoms with Crippen molar-refractivity contribution in [2.45, 2.75) is 51.9 Å². The molecule has 0 aliphatic rings. The van der Waals surface area contributed by atoms with Crippen molar-refractivity contribution >= 4 is 17.9 Å². The van der Waals surface area contributed by atoms with E-state index in [-0.39, 0.29) is 12.8 Å². The van der Waals surface area contributed by atoms with Crippen molar-refractivity contribution in [3.8, 4) is 0 Å². The van der Waals surface area contributed by atoms with Crippen LogP contribution >= 0.6 is 0 Å². The Morgan fingerprint density at radius 3 is 1.68 bits per heavy atom. The van der Waals surface area contributed by atoms with Crippen LogP contribution in [-0.4, -0.2) is 33.2 Å². The molecule has 0 aliphatic heterocycles. The standard InChI is InChI=1S/C13H22O6/c1-2-4-9(12(16)17)5-3-6-10(13(18)19)7-8-11(14)15/h9-10H,2-8H2,1H3,(H,14,15)(H,16,17)(H,18,19). The summed E-state index contributed by atoms with van der Waals surface area (Å²) < 4.78 is 0. The fraction of sp³-hybridized carbons (Fsp3) is 0.769. The average molecular weight is 274 g/mol. The Morgan fingerprint density at radius 1 is 0.842 bits per heavy atom. The number of carboxylic acids is 3. The van der Waals surface area contributed by atoms with Crippen LogP contribution in [0.4, 0.5) is 0 Å². The molecule has 0 rings (SSSR count). The Kier molecular flexibility index (Phi) is 8.57. The Hall–Kier alpha value is -1.59. The normalized spacial score (nSPS) is 13.7. The Balaban J connectivity index is 4.13. The largest absolute Gasteiger partial charge is 0.481 e. The van der Waals surface area contributed by atoms with Gasteiger partial charge in [0, 0.05) is 6.42 Å². The molecule has 0 aromatic carbocycles. The molecule has 0 aromatic rings. The van der Waals surface area contributed by atoms with Crippen molar-refractivity contribution in [3.05, 3.63) is 0 Å². The number of carbonyl (C=O) groups is 3. The maximum absolute atomic E-state index is 10.9. The molecule has 0 aromatic heterocycles. The molecule has 6 nitrogen and oxygen atoms in total.